The van der Waals surface area contributed by atoms with Gasteiger partial charge in [0.25, 0.3) is 5.91 Å². The quantitative estimate of drug-likeness (QED) is 0.414. The van der Waals surface area contributed by atoms with Crippen molar-refractivity contribution < 1.29 is 14.3 Å². The second-order valence-corrected chi connectivity index (χ2v) is 6.65. The van der Waals surface area contributed by atoms with Gasteiger partial charge in [0.05, 0.1) is 11.6 Å². The topological polar surface area (TPSA) is 117 Å². The predicted molar refractivity (Wildman–Crippen MR) is 105 cm³/mol. The maximum absolute atomic E-state index is 12.0. The lowest BCUT2D eigenvalue weighted by molar-refractivity contribution is -0.130. The first-order valence-corrected chi connectivity index (χ1v) is 9.74. The molecule has 28 heavy (non-hydrogen) atoms. The summed E-state index contributed by atoms with van der Waals surface area (Å²) in [5.41, 5.74) is 7.81. The van der Waals surface area contributed by atoms with Crippen molar-refractivity contribution in [3.05, 3.63) is 46.8 Å². The number of nitrogens with one attached hydrogen (secondary N) is 2. The minimum atomic E-state index is -0.488. The van der Waals surface area contributed by atoms with Crippen molar-refractivity contribution in [3.63, 3.8) is 0 Å². The number of benzene rings is 1. The first kappa shape index (κ1) is 21.2. The highest BCUT2D eigenvalue weighted by molar-refractivity contribution is 7.98. The number of ether oxygens (including phenoxy) is 1. The van der Waals surface area contributed by atoms with Crippen LogP contribution in [0.3, 0.4) is 0 Å². The van der Waals surface area contributed by atoms with Gasteiger partial charge in [-0.3, -0.25) is 20.4 Å². The molecule has 0 aliphatic heterocycles. The van der Waals surface area contributed by atoms with Crippen molar-refractivity contribution >= 4 is 23.6 Å². The van der Waals surface area contributed by atoms with Crippen molar-refractivity contribution in [2.45, 2.75) is 31.8 Å². The first-order chi connectivity index (χ1) is 13.4. The molecule has 0 spiro atoms. The van der Waals surface area contributed by atoms with Crippen molar-refractivity contribution in [1.82, 2.24) is 20.8 Å². The number of hydrogen-bond donors (Lipinski definition) is 2. The third kappa shape index (κ3) is 6.25. The van der Waals surface area contributed by atoms with Gasteiger partial charge in [-0.25, -0.2) is 9.97 Å². The number of carbonyl (C=O) groups excluding carboxylic acids is 2. The smallest absolute Gasteiger partial charge is 0.276 e. The van der Waals surface area contributed by atoms with Gasteiger partial charge >= 0.3 is 0 Å². The second kappa shape index (κ2) is 10.3. The van der Waals surface area contributed by atoms with Crippen LogP contribution in [0.4, 0.5) is 0 Å². The van der Waals surface area contributed by atoms with E-state index >= 15 is 0 Å². The first-order valence-electron chi connectivity index (χ1n) is 8.51. The SMILES string of the molecule is CSc1nc(C)c(CCC(=O)NNC(=O)COc2ccc(C#N)cc2)c(C)n1. The molecule has 1 heterocycles. The summed E-state index contributed by atoms with van der Waals surface area (Å²) in [5.74, 6) is -0.350. The molecule has 2 N–H and O–H groups in total. The Morgan fingerprint density at radius 2 is 1.71 bits per heavy atom. The number of aryl methyl sites for hydroxylation is 2. The highest BCUT2D eigenvalue weighted by Gasteiger charge is 2.11. The molecule has 2 rings (SSSR count). The molecule has 2 amide bonds. The Hall–Kier alpha value is -3.12. The van der Waals surface area contributed by atoms with E-state index in [1.165, 1.54) is 11.8 Å². The zero-order valence-corrected chi connectivity index (χ0v) is 16.7. The van der Waals surface area contributed by atoms with Crippen LogP contribution in [0, 0.1) is 25.2 Å². The number of hydrazine groups is 1. The van der Waals surface area contributed by atoms with E-state index in [2.05, 4.69) is 20.8 Å². The van der Waals surface area contributed by atoms with E-state index in [-0.39, 0.29) is 18.9 Å². The average molecular weight is 399 g/mol. The molecule has 1 aromatic carbocycles. The van der Waals surface area contributed by atoms with Gasteiger partial charge in [0.2, 0.25) is 5.91 Å². The molecular formula is C19H21N5O3S. The fourth-order valence-corrected chi connectivity index (χ4v) is 2.87. The summed E-state index contributed by atoms with van der Waals surface area (Å²) in [7, 11) is 0. The van der Waals surface area contributed by atoms with E-state index in [0.29, 0.717) is 22.9 Å². The minimum Gasteiger partial charge on any atom is -0.484 e. The van der Waals surface area contributed by atoms with Gasteiger partial charge in [0, 0.05) is 17.8 Å². The fourth-order valence-electron chi connectivity index (χ4n) is 2.41. The van der Waals surface area contributed by atoms with Crippen LogP contribution in [0.5, 0.6) is 5.75 Å². The number of rotatable bonds is 7. The highest BCUT2D eigenvalue weighted by Crippen LogP contribution is 2.17. The number of hydrogen-bond acceptors (Lipinski definition) is 7. The van der Waals surface area contributed by atoms with Crippen LogP contribution in [-0.4, -0.2) is 34.6 Å². The van der Waals surface area contributed by atoms with Crippen LogP contribution in [-0.2, 0) is 16.0 Å². The molecule has 146 valence electrons. The van der Waals surface area contributed by atoms with Crippen molar-refractivity contribution in [2.75, 3.05) is 12.9 Å². The summed E-state index contributed by atoms with van der Waals surface area (Å²) < 4.78 is 5.29. The van der Waals surface area contributed by atoms with E-state index in [1.807, 2.05) is 26.2 Å². The molecule has 0 aliphatic rings. The number of amides is 2. The number of nitrogens with zero attached hydrogens (tertiary/aromatic N) is 3. The van der Waals surface area contributed by atoms with Gasteiger partial charge < -0.3 is 4.74 Å². The monoisotopic (exact) mass is 399 g/mol. The van der Waals surface area contributed by atoms with E-state index in [9.17, 15) is 9.59 Å². The lowest BCUT2D eigenvalue weighted by Crippen LogP contribution is -2.43. The summed E-state index contributed by atoms with van der Waals surface area (Å²) in [5, 5.41) is 9.44. The third-order valence-electron chi connectivity index (χ3n) is 3.88. The summed E-state index contributed by atoms with van der Waals surface area (Å²) in [4.78, 5) is 32.5. The number of nitriles is 1. The van der Waals surface area contributed by atoms with Gasteiger partial charge in [0.1, 0.15) is 5.75 Å². The zero-order chi connectivity index (χ0) is 20.5. The predicted octanol–water partition coefficient (Wildman–Crippen LogP) is 1.85. The van der Waals surface area contributed by atoms with Crippen molar-refractivity contribution in [2.24, 2.45) is 0 Å². The molecule has 9 heteroatoms. The van der Waals surface area contributed by atoms with E-state index < -0.39 is 5.91 Å². The lowest BCUT2D eigenvalue weighted by Gasteiger charge is -2.11. The van der Waals surface area contributed by atoms with Gasteiger partial charge in [0.15, 0.2) is 11.8 Å². The van der Waals surface area contributed by atoms with Gasteiger partial charge in [-0.1, -0.05) is 11.8 Å². The van der Waals surface area contributed by atoms with Gasteiger partial charge in [-0.15, -0.1) is 0 Å². The molecule has 0 aliphatic carbocycles. The molecule has 0 saturated heterocycles. The standard InChI is InChI=1S/C19H21N5O3S/c1-12-16(13(2)22-19(21-12)28-3)8-9-17(25)23-24-18(26)11-27-15-6-4-14(10-20)5-7-15/h4-7H,8-9,11H2,1-3H3,(H,23,25)(H,24,26). The molecule has 0 fully saturated rings. The van der Waals surface area contributed by atoms with Gasteiger partial charge in [-0.05, 0) is 56.4 Å². The summed E-state index contributed by atoms with van der Waals surface area (Å²) in [6.07, 6.45) is 2.59. The Morgan fingerprint density at radius 1 is 1.11 bits per heavy atom. The van der Waals surface area contributed by atoms with E-state index in [4.69, 9.17) is 10.00 Å². The minimum absolute atomic E-state index is 0.195. The summed E-state index contributed by atoms with van der Waals surface area (Å²) >= 11 is 1.47. The zero-order valence-electron chi connectivity index (χ0n) is 15.9. The van der Waals surface area contributed by atoms with Crippen LogP contribution in [0.2, 0.25) is 0 Å². The molecule has 0 saturated carbocycles. The molecule has 1 aromatic heterocycles. The lowest BCUT2D eigenvalue weighted by atomic mass is 10.1. The van der Waals surface area contributed by atoms with Crippen LogP contribution in [0.15, 0.2) is 29.4 Å². The normalized spacial score (nSPS) is 10.1. The fraction of sp³-hybridized carbons (Fsp3) is 0.316. The van der Waals surface area contributed by atoms with Crippen LogP contribution in [0.1, 0.15) is 28.9 Å². The van der Waals surface area contributed by atoms with Crippen molar-refractivity contribution in [3.8, 4) is 11.8 Å². The Labute approximate surface area is 167 Å². The molecule has 0 atom stereocenters. The van der Waals surface area contributed by atoms with Crippen LogP contribution < -0.4 is 15.6 Å². The third-order valence-corrected chi connectivity index (χ3v) is 4.43. The maximum Gasteiger partial charge on any atom is 0.276 e. The van der Waals surface area contributed by atoms with E-state index in [1.54, 1.807) is 24.3 Å². The molecule has 0 unspecified atom stereocenters. The Kier molecular flexibility index (Phi) is 7.77. The Bertz CT molecular complexity index is 870. The Balaban J connectivity index is 1.74. The van der Waals surface area contributed by atoms with Crippen LogP contribution >= 0.6 is 11.8 Å². The largest absolute Gasteiger partial charge is 0.484 e. The molecule has 0 radical (unpaired) electrons. The number of carbonyl (C=O) groups is 2. The van der Waals surface area contributed by atoms with Crippen LogP contribution in [0.25, 0.3) is 0 Å². The number of thioether (sulfide) groups is 1. The van der Waals surface area contributed by atoms with E-state index in [0.717, 1.165) is 17.0 Å². The highest BCUT2D eigenvalue weighted by atomic mass is 32.2. The Morgan fingerprint density at radius 3 is 2.29 bits per heavy atom. The van der Waals surface area contributed by atoms with Gasteiger partial charge in [-0.2, -0.15) is 5.26 Å². The van der Waals surface area contributed by atoms with Crippen molar-refractivity contribution in [1.29, 1.82) is 5.26 Å². The maximum atomic E-state index is 12.0. The summed E-state index contributed by atoms with van der Waals surface area (Å²) in [6, 6.07) is 8.37. The molecule has 8 nitrogen and oxygen atoms in total. The second-order valence-electron chi connectivity index (χ2n) is 5.88. The number of aromatic nitrogens is 2. The molecule has 2 aromatic rings. The molecule has 0 bridgehead atoms. The summed E-state index contributed by atoms with van der Waals surface area (Å²) in [6.45, 7) is 3.53. The average Bonchev–Trinajstić information content (AvgIpc) is 2.70. The molecular weight excluding hydrogens is 378 g/mol.